The van der Waals surface area contributed by atoms with E-state index in [1.807, 2.05) is 0 Å². The summed E-state index contributed by atoms with van der Waals surface area (Å²) in [5.41, 5.74) is 1.79. The summed E-state index contributed by atoms with van der Waals surface area (Å²) in [6.45, 7) is 5.24. The second-order valence-electron chi connectivity index (χ2n) is 8.78. The molecule has 0 saturated carbocycles. The number of ketones is 1. The second-order valence-corrected chi connectivity index (χ2v) is 9.19. The Morgan fingerprint density at radius 3 is 2.46 bits per heavy atom. The van der Waals surface area contributed by atoms with Crippen molar-refractivity contribution in [2.75, 3.05) is 12.0 Å². The Balaban J connectivity index is 1.94. The van der Waals surface area contributed by atoms with Gasteiger partial charge in [-0.3, -0.25) is 19.5 Å². The van der Waals surface area contributed by atoms with Gasteiger partial charge in [-0.1, -0.05) is 17.7 Å². The number of pyridine rings is 1. The highest BCUT2D eigenvalue weighted by atomic mass is 35.5. The zero-order chi connectivity index (χ0) is 26.9. The lowest BCUT2D eigenvalue weighted by Gasteiger charge is -2.26. The maximum absolute atomic E-state index is 13.4. The van der Waals surface area contributed by atoms with Gasteiger partial charge in [-0.25, -0.2) is 4.79 Å². The molecule has 1 fully saturated rings. The number of carbonyl (C=O) groups excluding carboxylic acids is 3. The highest BCUT2D eigenvalue weighted by Crippen LogP contribution is 2.44. The molecule has 0 radical (unpaired) electrons. The number of Topliss-reactive ketones (excluding diaryl/α,β-unsaturated/α-hetero) is 1. The van der Waals surface area contributed by atoms with Gasteiger partial charge in [-0.05, 0) is 74.4 Å². The van der Waals surface area contributed by atoms with Crippen molar-refractivity contribution < 1.29 is 29.0 Å². The number of aryl methyl sites for hydroxylation is 1. The van der Waals surface area contributed by atoms with Gasteiger partial charge in [0.2, 0.25) is 0 Å². The Kier molecular flexibility index (Phi) is 7.31. The Morgan fingerprint density at radius 2 is 1.81 bits per heavy atom. The highest BCUT2D eigenvalue weighted by Gasteiger charge is 2.47. The van der Waals surface area contributed by atoms with E-state index < -0.39 is 29.5 Å². The average Bonchev–Trinajstić information content (AvgIpc) is 3.13. The molecule has 1 aliphatic rings. The van der Waals surface area contributed by atoms with Gasteiger partial charge in [-0.15, -0.1) is 0 Å². The van der Waals surface area contributed by atoms with E-state index in [-0.39, 0.29) is 39.3 Å². The van der Waals surface area contributed by atoms with Gasteiger partial charge in [-0.2, -0.15) is 0 Å². The lowest BCUT2D eigenvalue weighted by Crippen LogP contribution is -2.29. The lowest BCUT2D eigenvalue weighted by atomic mass is 9.95. The summed E-state index contributed by atoms with van der Waals surface area (Å²) in [4.78, 5) is 44.7. The molecule has 2 aromatic carbocycles. The molecule has 3 aromatic rings. The smallest absolute Gasteiger partial charge is 0.338 e. The molecule has 37 heavy (non-hydrogen) atoms. The number of methoxy groups -OCH3 is 1. The van der Waals surface area contributed by atoms with Crippen LogP contribution in [0.25, 0.3) is 5.76 Å². The molecule has 1 atom stereocenters. The molecule has 0 spiro atoms. The number of benzene rings is 2. The van der Waals surface area contributed by atoms with E-state index in [1.165, 1.54) is 30.5 Å². The Hall–Kier alpha value is -4.17. The average molecular weight is 521 g/mol. The number of halogens is 1. The van der Waals surface area contributed by atoms with E-state index in [0.29, 0.717) is 5.56 Å². The highest BCUT2D eigenvalue weighted by molar-refractivity contribution is 6.51. The van der Waals surface area contributed by atoms with E-state index in [0.717, 1.165) is 5.56 Å². The molecular weight excluding hydrogens is 496 g/mol. The largest absolute Gasteiger partial charge is 0.507 e. The first-order chi connectivity index (χ1) is 17.6. The minimum Gasteiger partial charge on any atom is -0.507 e. The van der Waals surface area contributed by atoms with Crippen molar-refractivity contribution in [1.82, 2.24) is 4.98 Å². The Bertz CT molecular complexity index is 1420. The van der Waals surface area contributed by atoms with Gasteiger partial charge in [0, 0.05) is 18.1 Å². The number of esters is 1. The summed E-state index contributed by atoms with van der Waals surface area (Å²) in [6, 6.07) is 11.8. The molecule has 0 bridgehead atoms. The van der Waals surface area contributed by atoms with Crippen LogP contribution in [0, 0.1) is 6.92 Å². The van der Waals surface area contributed by atoms with Crippen molar-refractivity contribution in [1.29, 1.82) is 0 Å². The molecule has 1 unspecified atom stereocenters. The number of amides is 1. The van der Waals surface area contributed by atoms with Crippen LogP contribution in [0.15, 0.2) is 66.5 Å². The summed E-state index contributed by atoms with van der Waals surface area (Å²) in [5, 5.41) is 11.7. The van der Waals surface area contributed by atoms with Crippen LogP contribution in [0.4, 0.5) is 5.69 Å². The van der Waals surface area contributed by atoms with E-state index in [9.17, 15) is 19.5 Å². The predicted octanol–water partition coefficient (Wildman–Crippen LogP) is 5.24. The quantitative estimate of drug-likeness (QED) is 0.205. The van der Waals surface area contributed by atoms with Crippen molar-refractivity contribution in [3.05, 3.63) is 93.8 Å². The van der Waals surface area contributed by atoms with Crippen LogP contribution in [0.2, 0.25) is 5.02 Å². The van der Waals surface area contributed by atoms with Crippen molar-refractivity contribution in [3.63, 3.8) is 0 Å². The number of hydrogen-bond acceptors (Lipinski definition) is 7. The standard InChI is InChI=1S/C28H25ClN2O6/c1-15(2)37-28(35)18-6-5-7-19(14-18)31-23(17-8-10-30-11-9-17)22(25(33)27(31)34)24(32)20-12-16(3)13-21(29)26(20)36-4/h5-15,23,32H,1-4H3/b24-22+. The summed E-state index contributed by atoms with van der Waals surface area (Å²) >= 11 is 6.34. The van der Waals surface area contributed by atoms with Gasteiger partial charge in [0.05, 0.1) is 41.0 Å². The molecule has 190 valence electrons. The molecule has 1 aliphatic heterocycles. The first-order valence-corrected chi connectivity index (χ1v) is 11.9. The molecule has 0 aliphatic carbocycles. The molecule has 1 amide bonds. The molecular formula is C28H25ClN2O6. The molecule has 1 saturated heterocycles. The SMILES string of the molecule is COc1c(Cl)cc(C)cc1/C(O)=C1\C(=O)C(=O)N(c2cccc(C(=O)OC(C)C)c2)C1c1ccncc1. The topological polar surface area (TPSA) is 106 Å². The Labute approximate surface area is 219 Å². The zero-order valence-corrected chi connectivity index (χ0v) is 21.4. The number of carbonyl (C=O) groups is 3. The molecule has 9 heteroatoms. The number of aliphatic hydroxyl groups is 1. The third-order valence-electron chi connectivity index (χ3n) is 5.82. The fraction of sp³-hybridized carbons (Fsp3) is 0.214. The van der Waals surface area contributed by atoms with Gasteiger partial charge in [0.25, 0.3) is 11.7 Å². The number of ether oxygens (including phenoxy) is 2. The lowest BCUT2D eigenvalue weighted by molar-refractivity contribution is -0.132. The van der Waals surface area contributed by atoms with Crippen molar-refractivity contribution in [2.24, 2.45) is 0 Å². The summed E-state index contributed by atoms with van der Waals surface area (Å²) in [7, 11) is 1.40. The zero-order valence-electron chi connectivity index (χ0n) is 20.7. The number of rotatable bonds is 6. The minimum absolute atomic E-state index is 0.147. The number of nitrogens with zero attached hydrogens (tertiary/aromatic N) is 2. The maximum atomic E-state index is 13.4. The molecule has 1 aromatic heterocycles. The minimum atomic E-state index is -1.01. The van der Waals surface area contributed by atoms with Crippen LogP contribution in [-0.2, 0) is 14.3 Å². The summed E-state index contributed by atoms with van der Waals surface area (Å²) < 4.78 is 10.7. The first-order valence-electron chi connectivity index (χ1n) is 11.5. The Morgan fingerprint density at radius 1 is 1.11 bits per heavy atom. The number of aliphatic hydroxyl groups excluding tert-OH is 1. The first kappa shape index (κ1) is 25.9. The fourth-order valence-corrected chi connectivity index (χ4v) is 4.63. The van der Waals surface area contributed by atoms with E-state index in [1.54, 1.807) is 63.2 Å². The molecule has 1 N–H and O–H groups in total. The third-order valence-corrected chi connectivity index (χ3v) is 6.10. The monoisotopic (exact) mass is 520 g/mol. The van der Waals surface area contributed by atoms with Crippen LogP contribution in [0.3, 0.4) is 0 Å². The van der Waals surface area contributed by atoms with Crippen molar-refractivity contribution in [2.45, 2.75) is 32.9 Å². The van der Waals surface area contributed by atoms with Crippen LogP contribution < -0.4 is 9.64 Å². The number of anilines is 1. The van der Waals surface area contributed by atoms with Gasteiger partial charge in [0.15, 0.2) is 0 Å². The maximum Gasteiger partial charge on any atom is 0.338 e. The van der Waals surface area contributed by atoms with E-state index >= 15 is 0 Å². The van der Waals surface area contributed by atoms with Crippen molar-refractivity contribution >= 4 is 40.7 Å². The van der Waals surface area contributed by atoms with Crippen LogP contribution in [0.1, 0.15) is 46.9 Å². The van der Waals surface area contributed by atoms with Gasteiger partial charge >= 0.3 is 5.97 Å². The molecule has 8 nitrogen and oxygen atoms in total. The summed E-state index contributed by atoms with van der Waals surface area (Å²) in [6.07, 6.45) is 2.71. The van der Waals surface area contributed by atoms with Crippen LogP contribution in [0.5, 0.6) is 5.75 Å². The van der Waals surface area contributed by atoms with E-state index in [2.05, 4.69) is 4.98 Å². The normalized spacial score (nSPS) is 16.8. The van der Waals surface area contributed by atoms with Crippen LogP contribution in [-0.4, -0.2) is 41.0 Å². The van der Waals surface area contributed by atoms with Gasteiger partial charge < -0.3 is 14.6 Å². The number of hydrogen-bond donors (Lipinski definition) is 1. The molecule has 2 heterocycles. The fourth-order valence-electron chi connectivity index (χ4n) is 4.28. The predicted molar refractivity (Wildman–Crippen MR) is 139 cm³/mol. The van der Waals surface area contributed by atoms with E-state index in [4.69, 9.17) is 21.1 Å². The van der Waals surface area contributed by atoms with Gasteiger partial charge in [0.1, 0.15) is 11.5 Å². The van der Waals surface area contributed by atoms with Crippen molar-refractivity contribution in [3.8, 4) is 5.75 Å². The summed E-state index contributed by atoms with van der Waals surface area (Å²) in [5.74, 6) is -2.58. The van der Waals surface area contributed by atoms with Crippen LogP contribution >= 0.6 is 11.6 Å². The number of aromatic nitrogens is 1. The third kappa shape index (κ3) is 4.93. The molecule has 4 rings (SSSR count). The second kappa shape index (κ2) is 10.4.